The van der Waals surface area contributed by atoms with E-state index in [0.717, 1.165) is 16.8 Å². The van der Waals surface area contributed by atoms with E-state index < -0.39 is 5.97 Å². The number of esters is 1. The quantitative estimate of drug-likeness (QED) is 0.871. The van der Waals surface area contributed by atoms with Gasteiger partial charge in [-0.1, -0.05) is 0 Å². The Morgan fingerprint density at radius 1 is 1.48 bits per heavy atom. The highest BCUT2D eigenvalue weighted by molar-refractivity contribution is 5.98. The topological polar surface area (TPSA) is 83.0 Å². The van der Waals surface area contributed by atoms with Crippen LogP contribution in [0.5, 0.6) is 0 Å². The Bertz CT molecular complexity index is 640. The Balaban J connectivity index is 0.00000220. The Labute approximate surface area is 129 Å². The zero-order chi connectivity index (χ0) is 14.7. The standard InChI is InChI=1S/C14H18N4O2.ClH/c1-4-20-14(19)13-11(10-7-16-18(3)8-10)5-9(2)17-12(13)6-15;/h5,7-8H,4,6,15H2,1-3H3;1H. The average Bonchev–Trinajstić information content (AvgIpc) is 2.84. The van der Waals surface area contributed by atoms with E-state index in [1.54, 1.807) is 17.8 Å². The van der Waals surface area contributed by atoms with Gasteiger partial charge in [-0.15, -0.1) is 12.4 Å². The second-order valence-corrected chi connectivity index (χ2v) is 4.46. The number of carbonyl (C=O) groups is 1. The van der Waals surface area contributed by atoms with Crippen molar-refractivity contribution in [3.63, 3.8) is 0 Å². The smallest absolute Gasteiger partial charge is 0.340 e. The molecular formula is C14H19ClN4O2. The molecular weight excluding hydrogens is 292 g/mol. The average molecular weight is 311 g/mol. The fraction of sp³-hybridized carbons (Fsp3) is 0.357. The molecule has 21 heavy (non-hydrogen) atoms. The maximum Gasteiger partial charge on any atom is 0.340 e. The van der Waals surface area contributed by atoms with Gasteiger partial charge >= 0.3 is 5.97 Å². The van der Waals surface area contributed by atoms with Crippen molar-refractivity contribution in [1.82, 2.24) is 14.8 Å². The first-order chi connectivity index (χ1) is 9.56. The molecule has 0 atom stereocenters. The van der Waals surface area contributed by atoms with Gasteiger partial charge in [-0.25, -0.2) is 4.79 Å². The van der Waals surface area contributed by atoms with Gasteiger partial charge in [0.15, 0.2) is 0 Å². The van der Waals surface area contributed by atoms with Crippen LogP contribution in [-0.4, -0.2) is 27.3 Å². The zero-order valence-corrected chi connectivity index (χ0v) is 13.1. The van der Waals surface area contributed by atoms with Crippen molar-refractivity contribution < 1.29 is 9.53 Å². The van der Waals surface area contributed by atoms with Crippen LogP contribution in [0.2, 0.25) is 0 Å². The molecule has 0 fully saturated rings. The van der Waals surface area contributed by atoms with Crippen LogP contribution in [0.15, 0.2) is 18.5 Å². The third-order valence-electron chi connectivity index (χ3n) is 2.91. The van der Waals surface area contributed by atoms with Crippen molar-refractivity contribution in [3.8, 4) is 11.1 Å². The minimum absolute atomic E-state index is 0. The molecule has 0 saturated heterocycles. The number of nitrogens with two attached hydrogens (primary N) is 1. The number of hydrogen-bond donors (Lipinski definition) is 1. The van der Waals surface area contributed by atoms with Crippen LogP contribution in [0.25, 0.3) is 11.1 Å². The van der Waals surface area contributed by atoms with Gasteiger partial charge in [-0.05, 0) is 19.9 Å². The summed E-state index contributed by atoms with van der Waals surface area (Å²) in [5.74, 6) is -0.403. The van der Waals surface area contributed by atoms with Gasteiger partial charge in [0.2, 0.25) is 0 Å². The summed E-state index contributed by atoms with van der Waals surface area (Å²) >= 11 is 0. The van der Waals surface area contributed by atoms with Crippen LogP contribution >= 0.6 is 12.4 Å². The first-order valence-electron chi connectivity index (χ1n) is 6.43. The molecule has 2 rings (SSSR count). The number of halogens is 1. The summed E-state index contributed by atoms with van der Waals surface area (Å²) in [7, 11) is 1.82. The van der Waals surface area contributed by atoms with Crippen LogP contribution in [0.3, 0.4) is 0 Å². The molecule has 2 N–H and O–H groups in total. The molecule has 0 saturated carbocycles. The van der Waals surface area contributed by atoms with E-state index in [1.807, 2.05) is 26.2 Å². The maximum absolute atomic E-state index is 12.2. The second kappa shape index (κ2) is 7.19. The third kappa shape index (κ3) is 3.59. The molecule has 2 aromatic rings. The summed E-state index contributed by atoms with van der Waals surface area (Å²) in [5, 5.41) is 4.14. The van der Waals surface area contributed by atoms with E-state index in [-0.39, 0.29) is 19.0 Å². The second-order valence-electron chi connectivity index (χ2n) is 4.46. The lowest BCUT2D eigenvalue weighted by atomic mass is 10.00. The third-order valence-corrected chi connectivity index (χ3v) is 2.91. The number of nitrogens with zero attached hydrogens (tertiary/aromatic N) is 3. The van der Waals surface area contributed by atoms with Gasteiger partial charge in [-0.3, -0.25) is 9.67 Å². The van der Waals surface area contributed by atoms with E-state index in [4.69, 9.17) is 10.5 Å². The summed E-state index contributed by atoms with van der Waals surface area (Å²) in [5.41, 5.74) is 9.08. The molecule has 2 aromatic heterocycles. The number of carbonyl (C=O) groups excluding carboxylic acids is 1. The van der Waals surface area contributed by atoms with Crippen molar-refractivity contribution in [2.24, 2.45) is 12.8 Å². The number of aryl methyl sites for hydroxylation is 2. The molecule has 0 amide bonds. The molecule has 0 aliphatic rings. The van der Waals surface area contributed by atoms with Crippen molar-refractivity contribution in [2.75, 3.05) is 6.61 Å². The predicted molar refractivity (Wildman–Crippen MR) is 82.3 cm³/mol. The van der Waals surface area contributed by atoms with E-state index in [0.29, 0.717) is 17.9 Å². The normalized spacial score (nSPS) is 10.1. The molecule has 0 aromatic carbocycles. The molecule has 0 aliphatic carbocycles. The lowest BCUT2D eigenvalue weighted by Gasteiger charge is -2.12. The molecule has 114 valence electrons. The number of aromatic nitrogens is 3. The first-order valence-corrected chi connectivity index (χ1v) is 6.43. The fourth-order valence-corrected chi connectivity index (χ4v) is 2.10. The minimum Gasteiger partial charge on any atom is -0.462 e. The lowest BCUT2D eigenvalue weighted by molar-refractivity contribution is 0.0525. The summed E-state index contributed by atoms with van der Waals surface area (Å²) in [6.45, 7) is 4.13. The summed E-state index contributed by atoms with van der Waals surface area (Å²) in [6.07, 6.45) is 3.55. The molecule has 0 bridgehead atoms. The largest absolute Gasteiger partial charge is 0.462 e. The van der Waals surface area contributed by atoms with Crippen LogP contribution < -0.4 is 5.73 Å². The summed E-state index contributed by atoms with van der Waals surface area (Å²) in [4.78, 5) is 16.5. The maximum atomic E-state index is 12.2. The van der Waals surface area contributed by atoms with E-state index in [9.17, 15) is 4.79 Å². The van der Waals surface area contributed by atoms with Crippen molar-refractivity contribution in [3.05, 3.63) is 35.4 Å². The summed E-state index contributed by atoms with van der Waals surface area (Å²) in [6, 6.07) is 1.85. The van der Waals surface area contributed by atoms with Crippen molar-refractivity contribution in [1.29, 1.82) is 0 Å². The SMILES string of the molecule is CCOC(=O)c1c(-c2cnn(C)c2)cc(C)nc1CN.Cl. The van der Waals surface area contributed by atoms with Crippen LogP contribution in [-0.2, 0) is 18.3 Å². The molecule has 7 heteroatoms. The van der Waals surface area contributed by atoms with Crippen LogP contribution in [0.1, 0.15) is 28.7 Å². The number of rotatable bonds is 4. The van der Waals surface area contributed by atoms with Crippen molar-refractivity contribution in [2.45, 2.75) is 20.4 Å². The van der Waals surface area contributed by atoms with Gasteiger partial charge in [-0.2, -0.15) is 5.10 Å². The highest BCUT2D eigenvalue weighted by Gasteiger charge is 2.20. The Hall–Kier alpha value is -1.92. The first kappa shape index (κ1) is 17.1. The number of ether oxygens (including phenoxy) is 1. The molecule has 0 radical (unpaired) electrons. The van der Waals surface area contributed by atoms with Crippen LogP contribution in [0.4, 0.5) is 0 Å². The van der Waals surface area contributed by atoms with E-state index >= 15 is 0 Å². The van der Waals surface area contributed by atoms with E-state index in [2.05, 4.69) is 10.1 Å². The molecule has 0 spiro atoms. The Morgan fingerprint density at radius 3 is 2.71 bits per heavy atom. The summed E-state index contributed by atoms with van der Waals surface area (Å²) < 4.78 is 6.80. The van der Waals surface area contributed by atoms with Crippen molar-refractivity contribution >= 4 is 18.4 Å². The highest BCUT2D eigenvalue weighted by Crippen LogP contribution is 2.27. The van der Waals surface area contributed by atoms with Gasteiger partial charge in [0, 0.05) is 36.6 Å². The minimum atomic E-state index is -0.403. The van der Waals surface area contributed by atoms with Gasteiger partial charge in [0.25, 0.3) is 0 Å². The zero-order valence-electron chi connectivity index (χ0n) is 12.3. The number of hydrogen-bond acceptors (Lipinski definition) is 5. The van der Waals surface area contributed by atoms with Gasteiger partial charge < -0.3 is 10.5 Å². The Morgan fingerprint density at radius 2 is 2.19 bits per heavy atom. The predicted octanol–water partition coefficient (Wildman–Crippen LogP) is 1.85. The number of pyridine rings is 1. The highest BCUT2D eigenvalue weighted by atomic mass is 35.5. The fourth-order valence-electron chi connectivity index (χ4n) is 2.10. The molecule has 2 heterocycles. The van der Waals surface area contributed by atoms with E-state index in [1.165, 1.54) is 0 Å². The van der Waals surface area contributed by atoms with Gasteiger partial charge in [0.05, 0.1) is 24.1 Å². The molecule has 0 unspecified atom stereocenters. The van der Waals surface area contributed by atoms with Crippen LogP contribution in [0, 0.1) is 6.92 Å². The Kier molecular flexibility index (Phi) is 5.87. The van der Waals surface area contributed by atoms with Gasteiger partial charge in [0.1, 0.15) is 0 Å². The molecule has 0 aliphatic heterocycles. The molecule has 6 nitrogen and oxygen atoms in total. The lowest BCUT2D eigenvalue weighted by Crippen LogP contribution is -2.15. The monoisotopic (exact) mass is 310 g/mol.